The van der Waals surface area contributed by atoms with Gasteiger partial charge in [0, 0.05) is 29.3 Å². The second kappa shape index (κ2) is 7.40. The molecule has 31 heavy (non-hydrogen) atoms. The van der Waals surface area contributed by atoms with Crippen molar-refractivity contribution in [2.45, 2.75) is 13.1 Å². The van der Waals surface area contributed by atoms with Crippen LogP contribution in [0.25, 0.3) is 22.1 Å². The Hall–Kier alpha value is -3.92. The van der Waals surface area contributed by atoms with Gasteiger partial charge in [-0.2, -0.15) is 5.10 Å². The Labute approximate surface area is 181 Å². The van der Waals surface area contributed by atoms with E-state index in [2.05, 4.69) is 30.4 Å². The third kappa shape index (κ3) is 3.46. The highest BCUT2D eigenvalue weighted by atomic mass is 35.5. The molecule has 10 nitrogen and oxygen atoms in total. The van der Waals surface area contributed by atoms with Gasteiger partial charge in [-0.3, -0.25) is 9.48 Å². The van der Waals surface area contributed by atoms with Crippen molar-refractivity contribution < 1.29 is 4.79 Å². The molecular weight excluding hydrogens is 418 g/mol. The number of rotatable bonds is 5. The zero-order valence-corrected chi connectivity index (χ0v) is 17.3. The number of carbonyl (C=O) groups is 1. The van der Waals surface area contributed by atoms with E-state index in [-0.39, 0.29) is 5.91 Å². The molecule has 0 aliphatic heterocycles. The number of H-pyrrole nitrogens is 1. The molecule has 5 rings (SSSR count). The SMILES string of the molecule is Cn1nccc1C(=O)NCc1cc2cc(Cl)cc(Cn3cnc4c(N)ncnc43)c2[nH]1. The molecule has 4 heterocycles. The lowest BCUT2D eigenvalue weighted by atomic mass is 10.1. The van der Waals surface area contributed by atoms with E-state index >= 15 is 0 Å². The summed E-state index contributed by atoms with van der Waals surface area (Å²) in [5.41, 5.74) is 10.3. The number of anilines is 1. The number of hydrogen-bond acceptors (Lipinski definition) is 6. The molecule has 11 heteroatoms. The summed E-state index contributed by atoms with van der Waals surface area (Å²) in [5.74, 6) is 0.144. The number of nitrogens with zero attached hydrogens (tertiary/aromatic N) is 6. The van der Waals surface area contributed by atoms with Crippen molar-refractivity contribution >= 4 is 45.4 Å². The number of aromatic nitrogens is 7. The van der Waals surface area contributed by atoms with E-state index in [9.17, 15) is 4.79 Å². The number of nitrogen functional groups attached to an aromatic ring is 1. The Morgan fingerprint density at radius 1 is 1.26 bits per heavy atom. The summed E-state index contributed by atoms with van der Waals surface area (Å²) < 4.78 is 3.42. The molecule has 4 aromatic heterocycles. The Kier molecular flexibility index (Phi) is 4.55. The summed E-state index contributed by atoms with van der Waals surface area (Å²) in [6.45, 7) is 0.832. The molecule has 0 atom stereocenters. The van der Waals surface area contributed by atoms with E-state index in [1.54, 1.807) is 25.6 Å². The van der Waals surface area contributed by atoms with Gasteiger partial charge in [-0.05, 0) is 29.8 Å². The lowest BCUT2D eigenvalue weighted by Gasteiger charge is -2.07. The first-order valence-corrected chi connectivity index (χ1v) is 9.85. The van der Waals surface area contributed by atoms with Gasteiger partial charge in [0.15, 0.2) is 11.5 Å². The number of fused-ring (bicyclic) bond motifs is 2. The van der Waals surface area contributed by atoms with Crippen LogP contribution in [-0.2, 0) is 20.1 Å². The number of aromatic amines is 1. The maximum absolute atomic E-state index is 12.4. The lowest BCUT2D eigenvalue weighted by Crippen LogP contribution is -2.25. The Morgan fingerprint density at radius 3 is 2.94 bits per heavy atom. The fraction of sp³-hybridized carbons (Fsp3) is 0.150. The van der Waals surface area contributed by atoms with Gasteiger partial charge in [-0.25, -0.2) is 15.0 Å². The van der Waals surface area contributed by atoms with Crippen LogP contribution in [0.1, 0.15) is 21.7 Å². The quantitative estimate of drug-likeness (QED) is 0.388. The van der Waals surface area contributed by atoms with Crippen molar-refractivity contribution in [3.05, 3.63) is 65.1 Å². The third-order valence-electron chi connectivity index (χ3n) is 5.09. The average molecular weight is 436 g/mol. The molecule has 0 fully saturated rings. The number of benzene rings is 1. The van der Waals surface area contributed by atoms with Gasteiger partial charge < -0.3 is 20.6 Å². The fourth-order valence-electron chi connectivity index (χ4n) is 3.62. The van der Waals surface area contributed by atoms with Crippen molar-refractivity contribution in [3.8, 4) is 0 Å². The number of imidazole rings is 1. The molecule has 0 spiro atoms. The highest BCUT2D eigenvalue weighted by Crippen LogP contribution is 2.26. The first kappa shape index (κ1) is 19.1. The van der Waals surface area contributed by atoms with E-state index in [0.717, 1.165) is 22.2 Å². The van der Waals surface area contributed by atoms with E-state index in [1.807, 2.05) is 22.8 Å². The number of nitrogens with two attached hydrogens (primary N) is 1. The summed E-state index contributed by atoms with van der Waals surface area (Å²) in [6, 6.07) is 7.43. The van der Waals surface area contributed by atoms with E-state index in [0.29, 0.717) is 40.8 Å². The molecule has 4 N–H and O–H groups in total. The molecule has 0 unspecified atom stereocenters. The lowest BCUT2D eigenvalue weighted by molar-refractivity contribution is 0.0941. The van der Waals surface area contributed by atoms with Crippen LogP contribution in [-0.4, -0.2) is 40.2 Å². The summed E-state index contributed by atoms with van der Waals surface area (Å²) >= 11 is 6.37. The van der Waals surface area contributed by atoms with Crippen LogP contribution < -0.4 is 11.1 Å². The summed E-state index contributed by atoms with van der Waals surface area (Å²) in [4.78, 5) is 28.3. The minimum atomic E-state index is -0.195. The van der Waals surface area contributed by atoms with Crippen molar-refractivity contribution in [2.75, 3.05) is 5.73 Å². The molecule has 1 amide bonds. The van der Waals surface area contributed by atoms with Gasteiger partial charge in [-0.15, -0.1) is 0 Å². The minimum Gasteiger partial charge on any atom is -0.382 e. The molecule has 0 saturated heterocycles. The third-order valence-corrected chi connectivity index (χ3v) is 5.31. The van der Waals surface area contributed by atoms with Gasteiger partial charge in [0.2, 0.25) is 0 Å². The summed E-state index contributed by atoms with van der Waals surface area (Å²) in [6.07, 6.45) is 4.69. The highest BCUT2D eigenvalue weighted by molar-refractivity contribution is 6.31. The fourth-order valence-corrected chi connectivity index (χ4v) is 3.87. The first-order chi connectivity index (χ1) is 15.0. The Bertz CT molecular complexity index is 1430. The van der Waals surface area contributed by atoms with Crippen LogP contribution in [0, 0.1) is 0 Å². The molecule has 0 bridgehead atoms. The predicted octanol–water partition coefficient (Wildman–Crippen LogP) is 2.25. The molecule has 0 saturated carbocycles. The Morgan fingerprint density at radius 2 is 2.13 bits per heavy atom. The van der Waals surface area contributed by atoms with Gasteiger partial charge in [0.1, 0.15) is 17.5 Å². The largest absolute Gasteiger partial charge is 0.382 e. The number of amides is 1. The van der Waals surface area contributed by atoms with Crippen LogP contribution >= 0.6 is 11.6 Å². The normalized spacial score (nSPS) is 11.4. The van der Waals surface area contributed by atoms with Crippen LogP contribution in [0.5, 0.6) is 0 Å². The van der Waals surface area contributed by atoms with Crippen LogP contribution in [0.15, 0.2) is 43.1 Å². The second-order valence-corrected chi connectivity index (χ2v) is 7.59. The second-order valence-electron chi connectivity index (χ2n) is 7.15. The molecule has 0 aliphatic carbocycles. The molecule has 0 aliphatic rings. The number of hydrogen-bond donors (Lipinski definition) is 3. The van der Waals surface area contributed by atoms with Crippen molar-refractivity contribution in [1.82, 2.24) is 39.6 Å². The molecule has 0 radical (unpaired) electrons. The smallest absolute Gasteiger partial charge is 0.269 e. The van der Waals surface area contributed by atoms with E-state index in [1.165, 1.54) is 11.0 Å². The minimum absolute atomic E-state index is 0.195. The van der Waals surface area contributed by atoms with Crippen molar-refractivity contribution in [1.29, 1.82) is 0 Å². The number of halogens is 1. The maximum atomic E-state index is 12.4. The first-order valence-electron chi connectivity index (χ1n) is 9.47. The number of carbonyl (C=O) groups excluding carboxylic acids is 1. The average Bonchev–Trinajstić information content (AvgIpc) is 3.45. The standard InChI is InChI=1S/C20H18ClN9O/c1-29-15(2-3-27-29)20(31)23-7-14-6-11-4-13(21)5-12(16(11)28-14)8-30-10-26-17-18(22)24-9-25-19(17)30/h2-6,9-10,28H,7-8H2,1H3,(H,23,31)(H2,22,24,25). The van der Waals surface area contributed by atoms with Gasteiger partial charge in [-0.1, -0.05) is 11.6 Å². The summed E-state index contributed by atoms with van der Waals surface area (Å²) in [7, 11) is 1.73. The van der Waals surface area contributed by atoms with E-state index < -0.39 is 0 Å². The predicted molar refractivity (Wildman–Crippen MR) is 117 cm³/mol. The van der Waals surface area contributed by atoms with Gasteiger partial charge in [0.05, 0.1) is 24.9 Å². The zero-order chi connectivity index (χ0) is 21.5. The maximum Gasteiger partial charge on any atom is 0.269 e. The highest BCUT2D eigenvalue weighted by Gasteiger charge is 2.14. The zero-order valence-electron chi connectivity index (χ0n) is 16.5. The Balaban J connectivity index is 1.44. The van der Waals surface area contributed by atoms with Crippen LogP contribution in [0.2, 0.25) is 5.02 Å². The molecular formula is C20H18ClN9O. The summed E-state index contributed by atoms with van der Waals surface area (Å²) in [5, 5.41) is 8.49. The van der Waals surface area contributed by atoms with Crippen LogP contribution in [0.4, 0.5) is 5.82 Å². The topological polar surface area (TPSA) is 132 Å². The van der Waals surface area contributed by atoms with Gasteiger partial charge in [0.25, 0.3) is 5.91 Å². The van der Waals surface area contributed by atoms with Crippen LogP contribution in [0.3, 0.4) is 0 Å². The van der Waals surface area contributed by atoms with E-state index in [4.69, 9.17) is 17.3 Å². The monoisotopic (exact) mass is 435 g/mol. The van der Waals surface area contributed by atoms with Gasteiger partial charge >= 0.3 is 0 Å². The number of nitrogens with one attached hydrogen (secondary N) is 2. The number of aryl methyl sites for hydroxylation is 1. The molecule has 5 aromatic rings. The molecule has 156 valence electrons. The molecule has 1 aromatic carbocycles. The van der Waals surface area contributed by atoms with Crippen molar-refractivity contribution in [2.24, 2.45) is 7.05 Å². The van der Waals surface area contributed by atoms with Crippen molar-refractivity contribution in [3.63, 3.8) is 0 Å².